The molecular weight excluding hydrogens is 1390 g/mol. The van der Waals surface area contributed by atoms with Gasteiger partial charge in [0.05, 0.1) is 38.6 Å². The van der Waals surface area contributed by atoms with E-state index >= 15 is 0 Å². The Hall–Kier alpha value is -1.47. The van der Waals surface area contributed by atoms with Gasteiger partial charge in [-0.3, -0.25) is 4.79 Å². The van der Waals surface area contributed by atoms with Gasteiger partial charge in [-0.1, -0.05) is 418 Å². The van der Waals surface area contributed by atoms with Crippen LogP contribution < -0.4 is 5.32 Å². The van der Waals surface area contributed by atoms with E-state index in [1.54, 1.807) is 6.08 Å². The number of carbonyl (C=O) groups is 1. The standard InChI is InChI=1S/C91H175NO18/c1-3-5-7-9-11-13-15-17-19-21-23-25-27-29-31-33-35-37-38-40-42-44-46-48-50-52-54-56-58-60-62-64-66-68-75(96)74(92-79(97)69-67-65-63-61-59-57-55-53-51-49-47-45-43-41-39-36-34-32-30-28-26-24-22-20-18-16-14-12-10-8-6-4-2)73-105-89-85(103)82(100)87(77(71-94)107-89)110-91-86(104)83(101)88(78(72-95)108-91)109-90-84(102)81(99)80(98)76(70-93)106-90/h66,68,74-78,80-91,93-96,98-104H,3-65,67,69-73H2,1-2H3,(H,92,97)/b68-66+. The van der Waals surface area contributed by atoms with E-state index in [0.29, 0.717) is 6.42 Å². The van der Waals surface area contributed by atoms with Crippen molar-refractivity contribution in [3.63, 3.8) is 0 Å². The van der Waals surface area contributed by atoms with Gasteiger partial charge >= 0.3 is 0 Å². The van der Waals surface area contributed by atoms with Gasteiger partial charge < -0.3 is 89.9 Å². The van der Waals surface area contributed by atoms with Crippen LogP contribution in [0.1, 0.15) is 431 Å². The fourth-order valence-electron chi connectivity index (χ4n) is 16.4. The topological polar surface area (TPSA) is 307 Å². The first-order chi connectivity index (χ1) is 53.8. The largest absolute Gasteiger partial charge is 0.394 e. The molecule has 3 heterocycles. The number of rotatable bonds is 78. The van der Waals surface area contributed by atoms with Crippen LogP contribution >= 0.6 is 0 Å². The summed E-state index contributed by atoms with van der Waals surface area (Å²) in [6.45, 7) is 1.83. The van der Waals surface area contributed by atoms with E-state index in [1.165, 1.54) is 360 Å². The van der Waals surface area contributed by atoms with E-state index in [1.807, 2.05) is 6.08 Å². The normalized spacial score (nSPS) is 25.1. The minimum Gasteiger partial charge on any atom is -0.394 e. The summed E-state index contributed by atoms with van der Waals surface area (Å²) in [6.07, 6.45) is 62.4. The molecule has 3 aliphatic heterocycles. The first kappa shape index (κ1) is 103. The summed E-state index contributed by atoms with van der Waals surface area (Å²) in [5.41, 5.74) is 0. The van der Waals surface area contributed by atoms with Crippen molar-refractivity contribution in [3.8, 4) is 0 Å². The Balaban J connectivity index is 1.31. The summed E-state index contributed by atoms with van der Waals surface area (Å²) in [5, 5.41) is 121. The molecule has 0 radical (unpaired) electrons. The highest BCUT2D eigenvalue weighted by Crippen LogP contribution is 2.34. The fraction of sp³-hybridized carbons (Fsp3) is 0.967. The number of ether oxygens (including phenoxy) is 6. The van der Waals surface area contributed by atoms with Gasteiger partial charge in [-0.05, 0) is 19.3 Å². The maximum absolute atomic E-state index is 13.5. The minimum atomic E-state index is -1.98. The summed E-state index contributed by atoms with van der Waals surface area (Å²) in [6, 6.07) is -0.972. The SMILES string of the molecule is CCCCCCCCCCCCCCCCCCCCCCCCCCCCCCCCC/C=C/C(O)C(COC1OC(CO)C(OC2OC(CO)C(OC3OC(CO)C(O)C(O)C3O)C(O)C2O)C(O)C1O)NC(=O)CCCCCCCCCCCCCCCCCCCCCCCCCCCCCCCCCC. The molecule has 17 atom stereocenters. The van der Waals surface area contributed by atoms with Crippen molar-refractivity contribution in [1.82, 2.24) is 5.32 Å². The molecular formula is C91H175NO18. The molecule has 3 aliphatic rings. The lowest BCUT2D eigenvalue weighted by atomic mass is 9.96. The summed E-state index contributed by atoms with van der Waals surface area (Å²) in [5.74, 6) is -0.264. The molecule has 0 aliphatic carbocycles. The molecule has 3 fully saturated rings. The zero-order valence-electron chi connectivity index (χ0n) is 70.5. The number of unbranched alkanes of at least 4 members (excludes halogenated alkanes) is 62. The molecule has 19 nitrogen and oxygen atoms in total. The molecule has 0 aromatic carbocycles. The maximum Gasteiger partial charge on any atom is 0.220 e. The molecule has 0 spiro atoms. The quantitative estimate of drug-likeness (QED) is 0.0199. The summed E-state index contributed by atoms with van der Waals surface area (Å²) >= 11 is 0. The van der Waals surface area contributed by atoms with Crippen LogP contribution in [0.4, 0.5) is 0 Å². The smallest absolute Gasteiger partial charge is 0.220 e. The summed E-state index contributed by atoms with van der Waals surface area (Å²) < 4.78 is 34.6. The molecule has 0 aromatic rings. The summed E-state index contributed by atoms with van der Waals surface area (Å²) in [4.78, 5) is 13.5. The number of carbonyl (C=O) groups excluding carboxylic acids is 1. The van der Waals surface area contributed by atoms with E-state index < -0.39 is 124 Å². The maximum atomic E-state index is 13.5. The van der Waals surface area contributed by atoms with Crippen LogP contribution in [0.25, 0.3) is 0 Å². The highest BCUT2D eigenvalue weighted by molar-refractivity contribution is 5.76. The van der Waals surface area contributed by atoms with E-state index in [-0.39, 0.29) is 18.9 Å². The first-order valence-corrected chi connectivity index (χ1v) is 46.9. The van der Waals surface area contributed by atoms with Gasteiger partial charge in [-0.25, -0.2) is 0 Å². The zero-order chi connectivity index (χ0) is 79.5. The molecule has 110 heavy (non-hydrogen) atoms. The van der Waals surface area contributed by atoms with Gasteiger partial charge in [0.15, 0.2) is 18.9 Å². The van der Waals surface area contributed by atoms with E-state index in [4.69, 9.17) is 28.4 Å². The number of amides is 1. The van der Waals surface area contributed by atoms with Gasteiger partial charge in [0, 0.05) is 6.42 Å². The average Bonchev–Trinajstić information content (AvgIpc) is 0.780. The van der Waals surface area contributed by atoms with Gasteiger partial charge in [0.2, 0.25) is 5.91 Å². The molecule has 19 heteroatoms. The van der Waals surface area contributed by atoms with Crippen LogP contribution in [0.3, 0.4) is 0 Å². The number of allylic oxidation sites excluding steroid dienone is 1. The number of hydrogen-bond donors (Lipinski definition) is 12. The first-order valence-electron chi connectivity index (χ1n) is 46.9. The molecule has 0 bridgehead atoms. The van der Waals surface area contributed by atoms with Crippen molar-refractivity contribution in [2.75, 3.05) is 26.4 Å². The van der Waals surface area contributed by atoms with Crippen LogP contribution in [0.5, 0.6) is 0 Å². The predicted octanol–water partition coefficient (Wildman–Crippen LogP) is 18.2. The van der Waals surface area contributed by atoms with Crippen LogP contribution in [-0.2, 0) is 33.2 Å². The molecule has 0 saturated carbocycles. The minimum absolute atomic E-state index is 0.251. The Morgan fingerprint density at radius 3 is 0.855 bits per heavy atom. The third kappa shape index (κ3) is 49.7. The van der Waals surface area contributed by atoms with Crippen molar-refractivity contribution < 1.29 is 89.4 Å². The zero-order valence-corrected chi connectivity index (χ0v) is 70.5. The Morgan fingerprint density at radius 2 is 0.564 bits per heavy atom. The second-order valence-electron chi connectivity index (χ2n) is 33.8. The predicted molar refractivity (Wildman–Crippen MR) is 444 cm³/mol. The van der Waals surface area contributed by atoms with Crippen LogP contribution in [-0.4, -0.2) is 193 Å². The second kappa shape index (κ2) is 71.6. The second-order valence-corrected chi connectivity index (χ2v) is 33.8. The number of aliphatic hydroxyl groups is 11. The lowest BCUT2D eigenvalue weighted by Gasteiger charge is -2.48. The van der Waals surface area contributed by atoms with Crippen molar-refractivity contribution in [2.24, 2.45) is 0 Å². The van der Waals surface area contributed by atoms with Crippen molar-refractivity contribution in [2.45, 2.75) is 535 Å². The highest BCUT2D eigenvalue weighted by atomic mass is 16.8. The van der Waals surface area contributed by atoms with E-state index in [9.17, 15) is 61.0 Å². The Bertz CT molecular complexity index is 2030. The van der Waals surface area contributed by atoms with Crippen molar-refractivity contribution >= 4 is 5.91 Å². The van der Waals surface area contributed by atoms with Crippen LogP contribution in [0, 0.1) is 0 Å². The Kier molecular flexibility index (Phi) is 66.9. The van der Waals surface area contributed by atoms with Gasteiger partial charge in [-0.15, -0.1) is 0 Å². The number of aliphatic hydroxyl groups excluding tert-OH is 11. The molecule has 12 N–H and O–H groups in total. The van der Waals surface area contributed by atoms with E-state index in [2.05, 4.69) is 19.2 Å². The molecule has 0 aromatic heterocycles. The molecule has 17 unspecified atom stereocenters. The van der Waals surface area contributed by atoms with Crippen LogP contribution in [0.15, 0.2) is 12.2 Å². The highest BCUT2D eigenvalue weighted by Gasteiger charge is 2.54. The Labute approximate surface area is 671 Å². The third-order valence-corrected chi connectivity index (χ3v) is 23.8. The van der Waals surface area contributed by atoms with E-state index in [0.717, 1.165) is 44.9 Å². The summed E-state index contributed by atoms with van der Waals surface area (Å²) in [7, 11) is 0. The lowest BCUT2D eigenvalue weighted by molar-refractivity contribution is -0.379. The molecule has 3 saturated heterocycles. The fourth-order valence-corrected chi connectivity index (χ4v) is 16.4. The van der Waals surface area contributed by atoms with Crippen LogP contribution in [0.2, 0.25) is 0 Å². The third-order valence-electron chi connectivity index (χ3n) is 23.8. The average molecular weight is 1570 g/mol. The number of hydrogen-bond acceptors (Lipinski definition) is 18. The monoisotopic (exact) mass is 1570 g/mol. The molecule has 652 valence electrons. The number of nitrogens with one attached hydrogen (secondary N) is 1. The Morgan fingerprint density at radius 1 is 0.318 bits per heavy atom. The van der Waals surface area contributed by atoms with Crippen molar-refractivity contribution in [1.29, 1.82) is 0 Å². The lowest BCUT2D eigenvalue weighted by Crippen LogP contribution is -2.66. The van der Waals surface area contributed by atoms with Gasteiger partial charge in [0.25, 0.3) is 0 Å². The van der Waals surface area contributed by atoms with Gasteiger partial charge in [0.1, 0.15) is 73.2 Å². The van der Waals surface area contributed by atoms with Crippen molar-refractivity contribution in [3.05, 3.63) is 12.2 Å². The molecule has 1 amide bonds. The molecule has 3 rings (SSSR count). The van der Waals surface area contributed by atoms with Gasteiger partial charge in [-0.2, -0.15) is 0 Å².